The summed E-state index contributed by atoms with van der Waals surface area (Å²) < 4.78 is 18.7. The molecule has 122 valence electrons. The van der Waals surface area contributed by atoms with E-state index >= 15 is 0 Å². The molecule has 1 atom stereocenters. The second kappa shape index (κ2) is 6.66. The Labute approximate surface area is 138 Å². The number of carbonyl (C=O) groups is 1. The van der Waals surface area contributed by atoms with Crippen LogP contribution in [0.5, 0.6) is 5.75 Å². The summed E-state index contributed by atoms with van der Waals surface area (Å²) in [4.78, 5) is 19.1. The molecular formula is C17H19FN2O2S. The molecule has 1 fully saturated rings. The van der Waals surface area contributed by atoms with Crippen LogP contribution in [0.3, 0.4) is 0 Å². The van der Waals surface area contributed by atoms with Crippen LogP contribution in [0.15, 0.2) is 23.6 Å². The highest BCUT2D eigenvalue weighted by Crippen LogP contribution is 2.31. The average Bonchev–Trinajstić information content (AvgIpc) is 3.01. The topological polar surface area (TPSA) is 42.4 Å². The van der Waals surface area contributed by atoms with E-state index in [1.165, 1.54) is 25.3 Å². The summed E-state index contributed by atoms with van der Waals surface area (Å²) in [5.41, 5.74) is 1.30. The highest BCUT2D eigenvalue weighted by Gasteiger charge is 2.28. The minimum Gasteiger partial charge on any atom is -0.496 e. The van der Waals surface area contributed by atoms with E-state index in [1.54, 1.807) is 16.2 Å². The van der Waals surface area contributed by atoms with Crippen molar-refractivity contribution in [1.82, 2.24) is 9.88 Å². The predicted octanol–water partition coefficient (Wildman–Crippen LogP) is 3.62. The second-order valence-corrected chi connectivity index (χ2v) is 6.65. The number of aromatic nitrogens is 1. The van der Waals surface area contributed by atoms with Crippen molar-refractivity contribution in [3.8, 4) is 5.75 Å². The van der Waals surface area contributed by atoms with Crippen molar-refractivity contribution in [2.24, 2.45) is 0 Å². The van der Waals surface area contributed by atoms with Gasteiger partial charge in [0.25, 0.3) is 5.91 Å². The fourth-order valence-electron chi connectivity index (χ4n) is 2.94. The van der Waals surface area contributed by atoms with Gasteiger partial charge in [0.05, 0.1) is 17.7 Å². The number of thiazole rings is 1. The van der Waals surface area contributed by atoms with Gasteiger partial charge in [0.2, 0.25) is 0 Å². The SMILES string of the molecule is COc1ccc(F)cc1C(=O)N1CCCC(c2nc(C)cs2)C1. The Morgan fingerprint density at radius 1 is 1.48 bits per heavy atom. The first-order valence-electron chi connectivity index (χ1n) is 7.63. The van der Waals surface area contributed by atoms with Gasteiger partial charge in [-0.2, -0.15) is 0 Å². The van der Waals surface area contributed by atoms with Crippen molar-refractivity contribution in [1.29, 1.82) is 0 Å². The number of piperidine rings is 1. The molecule has 0 N–H and O–H groups in total. The van der Waals surface area contributed by atoms with Crippen LogP contribution >= 0.6 is 11.3 Å². The summed E-state index contributed by atoms with van der Waals surface area (Å²) in [5, 5.41) is 3.11. The summed E-state index contributed by atoms with van der Waals surface area (Å²) in [6, 6.07) is 4.04. The van der Waals surface area contributed by atoms with Gasteiger partial charge < -0.3 is 9.64 Å². The van der Waals surface area contributed by atoms with Crippen LogP contribution in [0.25, 0.3) is 0 Å². The molecule has 0 aliphatic carbocycles. The third-order valence-electron chi connectivity index (χ3n) is 4.09. The van der Waals surface area contributed by atoms with E-state index in [2.05, 4.69) is 4.98 Å². The number of aryl methyl sites for hydroxylation is 1. The maximum absolute atomic E-state index is 13.5. The molecule has 1 aliphatic rings. The smallest absolute Gasteiger partial charge is 0.257 e. The average molecular weight is 334 g/mol. The van der Waals surface area contributed by atoms with Crippen LogP contribution in [-0.2, 0) is 0 Å². The van der Waals surface area contributed by atoms with E-state index < -0.39 is 5.82 Å². The van der Waals surface area contributed by atoms with Crippen molar-refractivity contribution >= 4 is 17.2 Å². The molecule has 6 heteroatoms. The van der Waals surface area contributed by atoms with Crippen LogP contribution < -0.4 is 4.74 Å². The lowest BCUT2D eigenvalue weighted by molar-refractivity contribution is 0.0703. The Hall–Kier alpha value is -1.95. The maximum atomic E-state index is 13.5. The first-order chi connectivity index (χ1) is 11.1. The summed E-state index contributed by atoms with van der Waals surface area (Å²) in [7, 11) is 1.49. The lowest BCUT2D eigenvalue weighted by atomic mass is 9.98. The molecule has 0 saturated carbocycles. The van der Waals surface area contributed by atoms with Crippen molar-refractivity contribution in [3.63, 3.8) is 0 Å². The number of methoxy groups -OCH3 is 1. The van der Waals surface area contributed by atoms with Crippen LogP contribution in [-0.4, -0.2) is 36.0 Å². The molecule has 2 aromatic rings. The van der Waals surface area contributed by atoms with Crippen LogP contribution in [0, 0.1) is 12.7 Å². The predicted molar refractivity (Wildman–Crippen MR) is 87.7 cm³/mol. The van der Waals surface area contributed by atoms with Gasteiger partial charge in [-0.3, -0.25) is 4.79 Å². The summed E-state index contributed by atoms with van der Waals surface area (Å²) in [6.45, 7) is 3.27. The van der Waals surface area contributed by atoms with E-state index in [0.29, 0.717) is 18.8 Å². The zero-order valence-electron chi connectivity index (χ0n) is 13.2. The molecule has 1 aliphatic heterocycles. The van der Waals surface area contributed by atoms with E-state index in [0.717, 1.165) is 23.5 Å². The number of hydrogen-bond acceptors (Lipinski definition) is 4. The largest absolute Gasteiger partial charge is 0.496 e. The van der Waals surface area contributed by atoms with Gasteiger partial charge in [0.1, 0.15) is 11.6 Å². The monoisotopic (exact) mass is 334 g/mol. The Kier molecular flexibility index (Phi) is 4.61. The number of benzene rings is 1. The third-order valence-corrected chi connectivity index (χ3v) is 5.21. The Bertz CT molecular complexity index is 716. The van der Waals surface area contributed by atoms with E-state index in [9.17, 15) is 9.18 Å². The molecule has 1 saturated heterocycles. The number of halogens is 1. The molecular weight excluding hydrogens is 315 g/mol. The van der Waals surface area contributed by atoms with Crippen LogP contribution in [0.2, 0.25) is 0 Å². The standard InChI is InChI=1S/C17H19FN2O2S/c1-11-10-23-16(19-11)12-4-3-7-20(9-12)17(21)14-8-13(18)5-6-15(14)22-2/h5-6,8,10,12H,3-4,7,9H2,1-2H3. The molecule has 4 nitrogen and oxygen atoms in total. The molecule has 3 rings (SSSR count). The van der Waals surface area contributed by atoms with Crippen LogP contribution in [0.4, 0.5) is 4.39 Å². The number of ether oxygens (including phenoxy) is 1. The van der Waals surface area contributed by atoms with Gasteiger partial charge in [-0.1, -0.05) is 0 Å². The maximum Gasteiger partial charge on any atom is 0.257 e. The van der Waals surface area contributed by atoms with Gasteiger partial charge in [-0.15, -0.1) is 11.3 Å². The summed E-state index contributed by atoms with van der Waals surface area (Å²) in [6.07, 6.45) is 1.95. The van der Waals surface area contributed by atoms with Gasteiger partial charge in [0.15, 0.2) is 0 Å². The number of hydrogen-bond donors (Lipinski definition) is 0. The Morgan fingerprint density at radius 2 is 2.30 bits per heavy atom. The van der Waals surface area contributed by atoms with Gasteiger partial charge in [-0.25, -0.2) is 9.37 Å². The first-order valence-corrected chi connectivity index (χ1v) is 8.51. The van der Waals surface area contributed by atoms with Crippen molar-refractivity contribution in [2.45, 2.75) is 25.7 Å². The van der Waals surface area contributed by atoms with Crippen molar-refractivity contribution in [2.75, 3.05) is 20.2 Å². The fourth-order valence-corrected chi connectivity index (χ4v) is 3.87. The third kappa shape index (κ3) is 3.37. The van der Waals surface area contributed by atoms with Gasteiger partial charge in [0, 0.05) is 30.1 Å². The van der Waals surface area contributed by atoms with Gasteiger partial charge >= 0.3 is 0 Å². The molecule has 0 bridgehead atoms. The molecule has 1 unspecified atom stereocenters. The van der Waals surface area contributed by atoms with E-state index in [4.69, 9.17) is 4.74 Å². The van der Waals surface area contributed by atoms with E-state index in [1.807, 2.05) is 12.3 Å². The lowest BCUT2D eigenvalue weighted by Crippen LogP contribution is -2.39. The van der Waals surface area contributed by atoms with Crippen molar-refractivity contribution < 1.29 is 13.9 Å². The second-order valence-electron chi connectivity index (χ2n) is 5.76. The molecule has 0 spiro atoms. The minimum atomic E-state index is -0.432. The molecule has 1 aromatic carbocycles. The zero-order chi connectivity index (χ0) is 16.4. The first kappa shape index (κ1) is 15.9. The highest BCUT2D eigenvalue weighted by molar-refractivity contribution is 7.09. The summed E-state index contributed by atoms with van der Waals surface area (Å²) >= 11 is 1.64. The minimum absolute atomic E-state index is 0.181. The van der Waals surface area contributed by atoms with Gasteiger partial charge in [-0.05, 0) is 38.0 Å². The highest BCUT2D eigenvalue weighted by atomic mass is 32.1. The summed E-state index contributed by atoms with van der Waals surface area (Å²) in [5.74, 6) is 0.0483. The normalized spacial score (nSPS) is 18.0. The zero-order valence-corrected chi connectivity index (χ0v) is 14.0. The molecule has 23 heavy (non-hydrogen) atoms. The molecule has 1 aromatic heterocycles. The Morgan fingerprint density at radius 3 is 3.00 bits per heavy atom. The number of amides is 1. The fraction of sp³-hybridized carbons (Fsp3) is 0.412. The van der Waals surface area contributed by atoms with Crippen molar-refractivity contribution in [3.05, 3.63) is 45.7 Å². The quantitative estimate of drug-likeness (QED) is 0.861. The Balaban J connectivity index is 1.81. The number of likely N-dealkylation sites (tertiary alicyclic amines) is 1. The van der Waals surface area contributed by atoms with E-state index in [-0.39, 0.29) is 17.4 Å². The number of rotatable bonds is 3. The number of carbonyl (C=O) groups excluding carboxylic acids is 1. The molecule has 2 heterocycles. The molecule has 1 amide bonds. The number of nitrogens with zero attached hydrogens (tertiary/aromatic N) is 2. The lowest BCUT2D eigenvalue weighted by Gasteiger charge is -2.32. The molecule has 0 radical (unpaired) electrons. The van der Waals surface area contributed by atoms with Crippen LogP contribution in [0.1, 0.15) is 39.8 Å².